The fourth-order valence-electron chi connectivity index (χ4n) is 2.96. The Labute approximate surface area is 151 Å². The van der Waals surface area contributed by atoms with Gasteiger partial charge in [-0.15, -0.1) is 11.3 Å². The summed E-state index contributed by atoms with van der Waals surface area (Å²) in [5.74, 6) is -0.628. The second kappa shape index (κ2) is 7.80. The highest BCUT2D eigenvalue weighted by Gasteiger charge is 2.29. The van der Waals surface area contributed by atoms with Gasteiger partial charge in [-0.1, -0.05) is 30.3 Å². The number of hydrogen-bond acceptors (Lipinski definition) is 5. The first-order valence-corrected chi connectivity index (χ1v) is 9.21. The molecule has 0 unspecified atom stereocenters. The van der Waals surface area contributed by atoms with Crippen molar-refractivity contribution < 1.29 is 19.1 Å². The number of anilines is 1. The van der Waals surface area contributed by atoms with Crippen LogP contribution >= 0.6 is 11.3 Å². The van der Waals surface area contributed by atoms with Gasteiger partial charge in [0, 0.05) is 17.0 Å². The molecule has 1 fully saturated rings. The largest absolute Gasteiger partial charge is 0.462 e. The Bertz CT molecular complexity index is 763. The third-order valence-corrected chi connectivity index (χ3v) is 5.11. The molecule has 2 aromatic rings. The Balaban J connectivity index is 1.99. The molecule has 25 heavy (non-hydrogen) atoms. The van der Waals surface area contributed by atoms with E-state index in [0.717, 1.165) is 22.4 Å². The van der Waals surface area contributed by atoms with E-state index >= 15 is 0 Å². The van der Waals surface area contributed by atoms with Crippen LogP contribution in [-0.4, -0.2) is 31.2 Å². The van der Waals surface area contributed by atoms with Crippen molar-refractivity contribution in [1.29, 1.82) is 0 Å². The van der Waals surface area contributed by atoms with E-state index in [-0.39, 0.29) is 12.5 Å². The molecule has 132 valence electrons. The summed E-state index contributed by atoms with van der Waals surface area (Å²) in [6.45, 7) is 4.59. The maximum atomic E-state index is 12.6. The fraction of sp³-hybridized carbons (Fsp3) is 0.368. The van der Waals surface area contributed by atoms with Gasteiger partial charge in [-0.25, -0.2) is 4.79 Å². The van der Waals surface area contributed by atoms with Crippen LogP contribution in [0.15, 0.2) is 30.3 Å². The Morgan fingerprint density at radius 2 is 2.08 bits per heavy atom. The topological polar surface area (TPSA) is 64.6 Å². The lowest BCUT2D eigenvalue weighted by molar-refractivity contribution is -0.124. The number of nitrogens with one attached hydrogen (secondary N) is 1. The van der Waals surface area contributed by atoms with Crippen LogP contribution in [0.2, 0.25) is 0 Å². The SMILES string of the molecule is CCOC(=O)c1c(NC(=O)[C@@H]2CCCO2)sc(C)c1-c1ccccc1. The van der Waals surface area contributed by atoms with Crippen molar-refractivity contribution in [2.75, 3.05) is 18.5 Å². The van der Waals surface area contributed by atoms with E-state index in [2.05, 4.69) is 5.32 Å². The van der Waals surface area contributed by atoms with E-state index in [1.165, 1.54) is 11.3 Å². The van der Waals surface area contributed by atoms with E-state index in [4.69, 9.17) is 9.47 Å². The molecule has 2 heterocycles. The van der Waals surface area contributed by atoms with Crippen molar-refractivity contribution in [3.05, 3.63) is 40.8 Å². The second-order valence-corrected chi connectivity index (χ2v) is 7.04. The summed E-state index contributed by atoms with van der Waals surface area (Å²) in [4.78, 5) is 26.0. The summed E-state index contributed by atoms with van der Waals surface area (Å²) in [6, 6.07) is 9.67. The number of carbonyl (C=O) groups excluding carboxylic acids is 2. The van der Waals surface area contributed by atoms with Crippen molar-refractivity contribution in [2.24, 2.45) is 0 Å². The molecule has 1 N–H and O–H groups in total. The molecule has 1 amide bonds. The zero-order chi connectivity index (χ0) is 17.8. The molecule has 1 aliphatic rings. The van der Waals surface area contributed by atoms with Gasteiger partial charge in [-0.3, -0.25) is 4.79 Å². The van der Waals surface area contributed by atoms with Crippen LogP contribution in [0, 0.1) is 6.92 Å². The van der Waals surface area contributed by atoms with E-state index in [1.807, 2.05) is 37.3 Å². The molecule has 1 aromatic heterocycles. The summed E-state index contributed by atoms with van der Waals surface area (Å²) >= 11 is 1.39. The zero-order valence-corrected chi connectivity index (χ0v) is 15.2. The Morgan fingerprint density at radius 1 is 1.32 bits per heavy atom. The first-order chi connectivity index (χ1) is 12.1. The van der Waals surface area contributed by atoms with Crippen LogP contribution < -0.4 is 5.32 Å². The molecule has 1 aromatic carbocycles. The lowest BCUT2D eigenvalue weighted by Crippen LogP contribution is -2.27. The minimum Gasteiger partial charge on any atom is -0.462 e. The number of benzene rings is 1. The molecular formula is C19H21NO4S. The lowest BCUT2D eigenvalue weighted by atomic mass is 10.0. The monoisotopic (exact) mass is 359 g/mol. The number of carbonyl (C=O) groups is 2. The van der Waals surface area contributed by atoms with E-state index in [9.17, 15) is 9.59 Å². The minimum atomic E-state index is -0.447. The number of amides is 1. The maximum absolute atomic E-state index is 12.6. The molecule has 6 heteroatoms. The van der Waals surface area contributed by atoms with Crippen molar-refractivity contribution in [1.82, 2.24) is 0 Å². The second-order valence-electron chi connectivity index (χ2n) is 5.81. The van der Waals surface area contributed by atoms with Gasteiger partial charge in [0.15, 0.2) is 0 Å². The molecule has 0 radical (unpaired) electrons. The Kier molecular flexibility index (Phi) is 5.50. The first kappa shape index (κ1) is 17.6. The van der Waals surface area contributed by atoms with Crippen molar-refractivity contribution in [3.8, 4) is 11.1 Å². The molecule has 0 spiro atoms. The minimum absolute atomic E-state index is 0.205. The number of hydrogen-bond donors (Lipinski definition) is 1. The molecule has 0 aliphatic carbocycles. The zero-order valence-electron chi connectivity index (χ0n) is 14.3. The smallest absolute Gasteiger partial charge is 0.341 e. The maximum Gasteiger partial charge on any atom is 0.341 e. The van der Waals surface area contributed by atoms with Crippen LogP contribution in [0.3, 0.4) is 0 Å². The molecule has 0 saturated carbocycles. The molecule has 1 saturated heterocycles. The lowest BCUT2D eigenvalue weighted by Gasteiger charge is -2.11. The van der Waals surface area contributed by atoms with Gasteiger partial charge in [-0.05, 0) is 32.3 Å². The normalized spacial score (nSPS) is 16.6. The fourth-order valence-corrected chi connectivity index (χ4v) is 4.03. The first-order valence-electron chi connectivity index (χ1n) is 8.40. The van der Waals surface area contributed by atoms with Gasteiger partial charge >= 0.3 is 5.97 Å². The summed E-state index contributed by atoms with van der Waals surface area (Å²) < 4.78 is 10.7. The average molecular weight is 359 g/mol. The summed E-state index contributed by atoms with van der Waals surface area (Å²) in [5, 5.41) is 3.40. The third-order valence-electron chi connectivity index (χ3n) is 4.09. The average Bonchev–Trinajstić information content (AvgIpc) is 3.24. The highest BCUT2D eigenvalue weighted by atomic mass is 32.1. The van der Waals surface area contributed by atoms with E-state index in [1.54, 1.807) is 6.92 Å². The van der Waals surface area contributed by atoms with Crippen LogP contribution in [-0.2, 0) is 14.3 Å². The number of ether oxygens (including phenoxy) is 2. The highest BCUT2D eigenvalue weighted by molar-refractivity contribution is 7.17. The van der Waals surface area contributed by atoms with Crippen molar-refractivity contribution >= 4 is 28.2 Å². The third kappa shape index (κ3) is 3.75. The summed E-state index contributed by atoms with van der Waals surface area (Å²) in [7, 11) is 0. The van der Waals surface area contributed by atoms with Gasteiger partial charge in [0.1, 0.15) is 16.7 Å². The van der Waals surface area contributed by atoms with Crippen LogP contribution in [0.5, 0.6) is 0 Å². The van der Waals surface area contributed by atoms with Crippen molar-refractivity contribution in [3.63, 3.8) is 0 Å². The number of esters is 1. The Hall–Kier alpha value is -2.18. The molecule has 0 bridgehead atoms. The molecule has 1 aliphatic heterocycles. The predicted octanol–water partition coefficient (Wildman–Crippen LogP) is 4.02. The summed E-state index contributed by atoms with van der Waals surface area (Å²) in [6.07, 6.45) is 1.13. The molecule has 1 atom stereocenters. The van der Waals surface area contributed by atoms with Crippen LogP contribution in [0.1, 0.15) is 35.0 Å². The summed E-state index contributed by atoms with van der Waals surface area (Å²) in [5.41, 5.74) is 2.16. The number of aryl methyl sites for hydroxylation is 1. The Morgan fingerprint density at radius 3 is 2.72 bits per heavy atom. The number of rotatable bonds is 5. The predicted molar refractivity (Wildman–Crippen MR) is 98.1 cm³/mol. The van der Waals surface area contributed by atoms with Crippen molar-refractivity contribution in [2.45, 2.75) is 32.8 Å². The molecule has 3 rings (SSSR count). The molecular weight excluding hydrogens is 338 g/mol. The van der Waals surface area contributed by atoms with Gasteiger partial charge in [0.2, 0.25) is 0 Å². The standard InChI is InChI=1S/C19H21NO4S/c1-3-23-19(22)16-15(13-8-5-4-6-9-13)12(2)25-18(16)20-17(21)14-10-7-11-24-14/h4-6,8-9,14H,3,7,10-11H2,1-2H3,(H,20,21)/t14-/m0/s1. The van der Waals surface area contributed by atoms with Gasteiger partial charge in [0.25, 0.3) is 5.91 Å². The van der Waals surface area contributed by atoms with Gasteiger partial charge in [-0.2, -0.15) is 0 Å². The van der Waals surface area contributed by atoms with Crippen LogP contribution in [0.4, 0.5) is 5.00 Å². The quantitative estimate of drug-likeness (QED) is 0.819. The van der Waals surface area contributed by atoms with Gasteiger partial charge in [0.05, 0.1) is 6.61 Å². The highest BCUT2D eigenvalue weighted by Crippen LogP contribution is 2.40. The van der Waals surface area contributed by atoms with Gasteiger partial charge < -0.3 is 14.8 Å². The number of thiophene rings is 1. The van der Waals surface area contributed by atoms with Crippen LogP contribution in [0.25, 0.3) is 11.1 Å². The molecule has 5 nitrogen and oxygen atoms in total. The van der Waals surface area contributed by atoms with E-state index < -0.39 is 12.1 Å². The van der Waals surface area contributed by atoms with E-state index in [0.29, 0.717) is 23.6 Å².